The van der Waals surface area contributed by atoms with Crippen molar-refractivity contribution < 1.29 is 23.8 Å². The Bertz CT molecular complexity index is 326. The molecular formula is C13H18O5. The molecule has 0 aromatic heterocycles. The normalized spacial score (nSPS) is 20.9. The van der Waals surface area contributed by atoms with Gasteiger partial charge in [-0.1, -0.05) is 0 Å². The maximum atomic E-state index is 10.9. The van der Waals surface area contributed by atoms with Crippen LogP contribution in [0.4, 0.5) is 0 Å². The maximum absolute atomic E-state index is 10.9. The topological polar surface area (TPSA) is 61.8 Å². The first-order chi connectivity index (χ1) is 8.76. The van der Waals surface area contributed by atoms with Gasteiger partial charge in [0.2, 0.25) is 0 Å². The second-order valence-electron chi connectivity index (χ2n) is 3.88. The lowest BCUT2D eigenvalue weighted by Crippen LogP contribution is -2.26. The number of esters is 1. The first-order valence-electron chi connectivity index (χ1n) is 5.86. The van der Waals surface area contributed by atoms with Crippen molar-refractivity contribution in [1.82, 2.24) is 0 Å². The molecule has 0 N–H and O–H groups in total. The Labute approximate surface area is 106 Å². The standard InChI is InChI=1S/C13H18O5/c1-16-13(15)5-4-11(6-7-14)9-18-12-3-2-8-17-10-12/h4-7,12H,2-3,8-10H2,1H3/b5-4+,11-6+. The number of rotatable bonds is 6. The molecule has 0 aliphatic carbocycles. The van der Waals surface area contributed by atoms with Crippen LogP contribution in [0.25, 0.3) is 0 Å². The van der Waals surface area contributed by atoms with Crippen molar-refractivity contribution in [2.24, 2.45) is 0 Å². The first kappa shape index (κ1) is 14.6. The summed E-state index contributed by atoms with van der Waals surface area (Å²) < 4.78 is 15.4. The molecule has 5 heteroatoms. The van der Waals surface area contributed by atoms with Crippen LogP contribution in [-0.2, 0) is 23.8 Å². The molecule has 0 amide bonds. The van der Waals surface area contributed by atoms with E-state index in [1.807, 2.05) is 0 Å². The molecule has 1 heterocycles. The van der Waals surface area contributed by atoms with Gasteiger partial charge in [-0.25, -0.2) is 4.79 Å². The van der Waals surface area contributed by atoms with E-state index in [0.29, 0.717) is 18.5 Å². The summed E-state index contributed by atoms with van der Waals surface area (Å²) >= 11 is 0. The molecule has 100 valence electrons. The summed E-state index contributed by atoms with van der Waals surface area (Å²) in [4.78, 5) is 21.4. The van der Waals surface area contributed by atoms with E-state index in [4.69, 9.17) is 9.47 Å². The van der Waals surface area contributed by atoms with Crippen LogP contribution in [0.5, 0.6) is 0 Å². The number of carbonyl (C=O) groups is 2. The minimum Gasteiger partial charge on any atom is -0.466 e. The van der Waals surface area contributed by atoms with Crippen LogP contribution in [0.3, 0.4) is 0 Å². The Morgan fingerprint density at radius 2 is 2.28 bits per heavy atom. The van der Waals surface area contributed by atoms with Gasteiger partial charge < -0.3 is 14.2 Å². The van der Waals surface area contributed by atoms with Gasteiger partial charge in [-0.3, -0.25) is 4.79 Å². The Morgan fingerprint density at radius 1 is 1.44 bits per heavy atom. The van der Waals surface area contributed by atoms with E-state index < -0.39 is 5.97 Å². The van der Waals surface area contributed by atoms with E-state index in [-0.39, 0.29) is 12.7 Å². The van der Waals surface area contributed by atoms with Crippen LogP contribution in [0.15, 0.2) is 23.8 Å². The van der Waals surface area contributed by atoms with E-state index in [2.05, 4.69) is 4.74 Å². The molecule has 0 saturated carbocycles. The fraction of sp³-hybridized carbons (Fsp3) is 0.538. The van der Waals surface area contributed by atoms with Crippen molar-refractivity contribution in [3.63, 3.8) is 0 Å². The van der Waals surface area contributed by atoms with Gasteiger partial charge in [-0.05, 0) is 30.6 Å². The summed E-state index contributed by atoms with van der Waals surface area (Å²) in [6.45, 7) is 1.63. The summed E-state index contributed by atoms with van der Waals surface area (Å²) in [5.74, 6) is -0.465. The minimum absolute atomic E-state index is 0.0559. The molecule has 1 fully saturated rings. The van der Waals surface area contributed by atoms with Gasteiger partial charge in [-0.2, -0.15) is 0 Å². The Kier molecular flexibility index (Phi) is 6.98. The Balaban J connectivity index is 2.42. The predicted octanol–water partition coefficient (Wildman–Crippen LogP) is 1.04. The molecule has 1 aliphatic heterocycles. The number of hydrogen-bond donors (Lipinski definition) is 0. The third-order valence-corrected chi connectivity index (χ3v) is 2.52. The molecule has 1 aliphatic rings. The second-order valence-corrected chi connectivity index (χ2v) is 3.88. The predicted molar refractivity (Wildman–Crippen MR) is 65.1 cm³/mol. The number of allylic oxidation sites excluding steroid dienone is 1. The first-order valence-corrected chi connectivity index (χ1v) is 5.86. The third-order valence-electron chi connectivity index (χ3n) is 2.52. The van der Waals surface area contributed by atoms with Crippen LogP contribution in [0.2, 0.25) is 0 Å². The number of ether oxygens (including phenoxy) is 3. The average molecular weight is 254 g/mol. The van der Waals surface area contributed by atoms with Crippen molar-refractivity contribution in [2.45, 2.75) is 18.9 Å². The van der Waals surface area contributed by atoms with Crippen LogP contribution in [0.1, 0.15) is 12.8 Å². The van der Waals surface area contributed by atoms with Crippen LogP contribution < -0.4 is 0 Å². The average Bonchev–Trinajstić information content (AvgIpc) is 2.42. The molecule has 1 rings (SSSR count). The van der Waals surface area contributed by atoms with Gasteiger partial charge in [0, 0.05) is 12.7 Å². The number of carbonyl (C=O) groups excluding carboxylic acids is 2. The summed E-state index contributed by atoms with van der Waals surface area (Å²) in [7, 11) is 1.30. The van der Waals surface area contributed by atoms with E-state index >= 15 is 0 Å². The van der Waals surface area contributed by atoms with E-state index in [1.165, 1.54) is 25.3 Å². The van der Waals surface area contributed by atoms with Crippen LogP contribution in [0, 0.1) is 0 Å². The van der Waals surface area contributed by atoms with E-state index in [1.54, 1.807) is 0 Å². The van der Waals surface area contributed by atoms with E-state index in [9.17, 15) is 9.59 Å². The van der Waals surface area contributed by atoms with Crippen LogP contribution in [-0.4, -0.2) is 45.3 Å². The number of methoxy groups -OCH3 is 1. The molecule has 0 aromatic rings. The zero-order chi connectivity index (χ0) is 13.2. The maximum Gasteiger partial charge on any atom is 0.330 e. The molecule has 0 bridgehead atoms. The summed E-state index contributed by atoms with van der Waals surface area (Å²) in [5.41, 5.74) is 0.626. The third kappa shape index (κ3) is 5.75. The lowest BCUT2D eigenvalue weighted by atomic mass is 10.1. The minimum atomic E-state index is -0.465. The zero-order valence-electron chi connectivity index (χ0n) is 10.5. The molecule has 18 heavy (non-hydrogen) atoms. The van der Waals surface area contributed by atoms with Gasteiger partial charge in [0.1, 0.15) is 6.29 Å². The lowest BCUT2D eigenvalue weighted by Gasteiger charge is -2.22. The summed E-state index contributed by atoms with van der Waals surface area (Å²) in [6, 6.07) is 0. The second kappa shape index (κ2) is 8.60. The van der Waals surface area contributed by atoms with Gasteiger partial charge in [-0.15, -0.1) is 0 Å². The quantitative estimate of drug-likeness (QED) is 0.307. The van der Waals surface area contributed by atoms with Crippen molar-refractivity contribution in [2.75, 3.05) is 26.9 Å². The smallest absolute Gasteiger partial charge is 0.330 e. The largest absolute Gasteiger partial charge is 0.466 e. The monoisotopic (exact) mass is 254 g/mol. The Hall–Kier alpha value is -1.46. The molecule has 1 atom stereocenters. The highest BCUT2D eigenvalue weighted by Crippen LogP contribution is 2.11. The molecule has 1 unspecified atom stereocenters. The highest BCUT2D eigenvalue weighted by Gasteiger charge is 2.14. The number of hydrogen-bond acceptors (Lipinski definition) is 5. The molecule has 0 aromatic carbocycles. The molecule has 5 nitrogen and oxygen atoms in total. The molecule has 0 spiro atoms. The van der Waals surface area contributed by atoms with Crippen molar-refractivity contribution in [1.29, 1.82) is 0 Å². The fourth-order valence-corrected chi connectivity index (χ4v) is 1.54. The fourth-order valence-electron chi connectivity index (χ4n) is 1.54. The lowest BCUT2D eigenvalue weighted by molar-refractivity contribution is -0.134. The SMILES string of the molecule is COC(=O)/C=C/C(=C\C=O)COC1CCCOC1. The number of aldehydes is 1. The Morgan fingerprint density at radius 3 is 2.89 bits per heavy atom. The van der Waals surface area contributed by atoms with Gasteiger partial charge in [0.15, 0.2) is 0 Å². The highest BCUT2D eigenvalue weighted by atomic mass is 16.5. The summed E-state index contributed by atoms with van der Waals surface area (Å²) in [6.07, 6.45) is 6.80. The summed E-state index contributed by atoms with van der Waals surface area (Å²) in [5, 5.41) is 0. The van der Waals surface area contributed by atoms with Crippen LogP contribution >= 0.6 is 0 Å². The van der Waals surface area contributed by atoms with Gasteiger partial charge in [0.05, 0.1) is 26.4 Å². The molecule has 0 radical (unpaired) electrons. The zero-order valence-corrected chi connectivity index (χ0v) is 10.5. The van der Waals surface area contributed by atoms with Gasteiger partial charge in [0.25, 0.3) is 0 Å². The molecule has 1 saturated heterocycles. The highest BCUT2D eigenvalue weighted by molar-refractivity contribution is 5.82. The van der Waals surface area contributed by atoms with Crippen molar-refractivity contribution in [3.8, 4) is 0 Å². The van der Waals surface area contributed by atoms with Crippen molar-refractivity contribution >= 4 is 12.3 Å². The van der Waals surface area contributed by atoms with Gasteiger partial charge >= 0.3 is 5.97 Å². The van der Waals surface area contributed by atoms with Crippen molar-refractivity contribution in [3.05, 3.63) is 23.8 Å². The van der Waals surface area contributed by atoms with E-state index in [0.717, 1.165) is 19.4 Å². The molecular weight excluding hydrogens is 236 g/mol.